The van der Waals surface area contributed by atoms with Crippen molar-refractivity contribution in [3.63, 3.8) is 0 Å². The molecule has 2 N–H and O–H groups in total. The van der Waals surface area contributed by atoms with Crippen molar-refractivity contribution in [2.24, 2.45) is 0 Å². The van der Waals surface area contributed by atoms with E-state index < -0.39 is 5.97 Å². The van der Waals surface area contributed by atoms with Gasteiger partial charge in [-0.05, 0) is 18.6 Å². The van der Waals surface area contributed by atoms with Gasteiger partial charge in [-0.3, -0.25) is 0 Å². The van der Waals surface area contributed by atoms with Gasteiger partial charge in [-0.2, -0.15) is 0 Å². The number of ether oxygens (including phenoxy) is 1. The van der Waals surface area contributed by atoms with Crippen LogP contribution >= 0.6 is 0 Å². The molecule has 0 saturated heterocycles. The maximum absolute atomic E-state index is 12.4. The Morgan fingerprint density at radius 2 is 1.58 bits per heavy atom. The van der Waals surface area contributed by atoms with Crippen LogP contribution in [0.25, 0.3) is 22.4 Å². The summed E-state index contributed by atoms with van der Waals surface area (Å²) in [5.74, 6) is -0.283. The number of hydrogen-bond acceptors (Lipinski definition) is 4. The highest BCUT2D eigenvalue weighted by molar-refractivity contribution is 6.02. The molecule has 0 unspecified atom stereocenters. The molecular weight excluding hydrogens is 300 g/mol. The van der Waals surface area contributed by atoms with E-state index in [0.29, 0.717) is 5.56 Å². The van der Waals surface area contributed by atoms with E-state index >= 15 is 0 Å². The van der Waals surface area contributed by atoms with Crippen LogP contribution in [0.1, 0.15) is 17.3 Å². The van der Waals surface area contributed by atoms with E-state index in [2.05, 4.69) is 4.98 Å². The van der Waals surface area contributed by atoms with Crippen molar-refractivity contribution in [3.8, 4) is 22.4 Å². The van der Waals surface area contributed by atoms with Gasteiger partial charge in [-0.25, -0.2) is 9.78 Å². The van der Waals surface area contributed by atoms with Gasteiger partial charge in [0.25, 0.3) is 0 Å². The molecule has 24 heavy (non-hydrogen) atoms. The summed E-state index contributed by atoms with van der Waals surface area (Å²) in [7, 11) is 0. The zero-order valence-corrected chi connectivity index (χ0v) is 13.4. The number of nitrogens with zero attached hydrogens (tertiary/aromatic N) is 1. The Balaban J connectivity index is 2.21. The number of nitrogen functional groups attached to an aromatic ring is 1. The quantitative estimate of drug-likeness (QED) is 0.733. The summed E-state index contributed by atoms with van der Waals surface area (Å²) in [5, 5.41) is 0. The summed E-state index contributed by atoms with van der Waals surface area (Å²) in [6.45, 7) is 2.05. The van der Waals surface area contributed by atoms with E-state index in [1.165, 1.54) is 0 Å². The number of rotatable bonds is 4. The van der Waals surface area contributed by atoms with Gasteiger partial charge in [-0.15, -0.1) is 0 Å². The Labute approximate surface area is 140 Å². The first-order valence-electron chi connectivity index (χ1n) is 7.79. The van der Waals surface area contributed by atoms with Crippen LogP contribution in [0.15, 0.2) is 66.7 Å². The predicted molar refractivity (Wildman–Crippen MR) is 95.5 cm³/mol. The molecule has 4 nitrogen and oxygen atoms in total. The van der Waals surface area contributed by atoms with Crippen molar-refractivity contribution < 1.29 is 9.53 Å². The van der Waals surface area contributed by atoms with Gasteiger partial charge >= 0.3 is 5.97 Å². The Morgan fingerprint density at radius 3 is 2.17 bits per heavy atom. The fraction of sp³-hybridized carbons (Fsp3) is 0.100. The van der Waals surface area contributed by atoms with Crippen LogP contribution in [0, 0.1) is 0 Å². The monoisotopic (exact) mass is 318 g/mol. The number of carbonyl (C=O) groups is 1. The fourth-order valence-electron chi connectivity index (χ4n) is 2.58. The molecule has 3 rings (SSSR count). The number of aromatic nitrogens is 1. The molecule has 1 aromatic heterocycles. The maximum atomic E-state index is 12.4. The molecule has 120 valence electrons. The second-order valence-corrected chi connectivity index (χ2v) is 5.27. The summed E-state index contributed by atoms with van der Waals surface area (Å²) >= 11 is 0. The van der Waals surface area contributed by atoms with Gasteiger partial charge in [0.05, 0.1) is 12.3 Å². The second kappa shape index (κ2) is 6.96. The SMILES string of the molecule is CCOC(=O)c1c(-c2ccccc2)cc(-c2ccccc2)nc1N. The minimum absolute atomic E-state index is 0.175. The molecular formula is C20H18N2O2. The second-order valence-electron chi connectivity index (χ2n) is 5.27. The highest BCUT2D eigenvalue weighted by atomic mass is 16.5. The van der Waals surface area contributed by atoms with Crippen LogP contribution < -0.4 is 5.73 Å². The zero-order chi connectivity index (χ0) is 16.9. The standard InChI is InChI=1S/C20H18N2O2/c1-2-24-20(23)18-16(14-9-5-3-6-10-14)13-17(22-19(18)21)15-11-7-4-8-12-15/h3-13H,2H2,1H3,(H2,21,22). The van der Waals surface area contributed by atoms with Crippen molar-refractivity contribution >= 4 is 11.8 Å². The van der Waals surface area contributed by atoms with Gasteiger partial charge in [0, 0.05) is 11.1 Å². The third kappa shape index (κ3) is 3.13. The number of pyridine rings is 1. The molecule has 0 spiro atoms. The molecule has 0 aliphatic heterocycles. The first kappa shape index (κ1) is 15.7. The molecule has 0 amide bonds. The number of esters is 1. The van der Waals surface area contributed by atoms with E-state index in [1.807, 2.05) is 66.7 Å². The first-order chi connectivity index (χ1) is 11.7. The Morgan fingerprint density at radius 1 is 1.00 bits per heavy atom. The lowest BCUT2D eigenvalue weighted by Gasteiger charge is -2.13. The maximum Gasteiger partial charge on any atom is 0.342 e. The highest BCUT2D eigenvalue weighted by Gasteiger charge is 2.20. The van der Waals surface area contributed by atoms with Crippen molar-refractivity contribution in [3.05, 3.63) is 72.3 Å². The Kier molecular flexibility index (Phi) is 4.57. The first-order valence-corrected chi connectivity index (χ1v) is 7.79. The summed E-state index contributed by atoms with van der Waals surface area (Å²) < 4.78 is 5.16. The molecule has 3 aromatic rings. The lowest BCUT2D eigenvalue weighted by Crippen LogP contribution is -2.12. The van der Waals surface area contributed by atoms with Gasteiger partial charge in [0.2, 0.25) is 0 Å². The number of hydrogen-bond donors (Lipinski definition) is 1. The molecule has 1 heterocycles. The fourth-order valence-corrected chi connectivity index (χ4v) is 2.58. The number of carbonyl (C=O) groups excluding carboxylic acids is 1. The van der Waals surface area contributed by atoms with Crippen LogP contribution in [-0.4, -0.2) is 17.6 Å². The molecule has 0 aliphatic carbocycles. The van der Waals surface area contributed by atoms with Crippen molar-refractivity contribution in [1.29, 1.82) is 0 Å². The topological polar surface area (TPSA) is 65.2 Å². The van der Waals surface area contributed by atoms with E-state index in [-0.39, 0.29) is 12.4 Å². The summed E-state index contributed by atoms with van der Waals surface area (Å²) in [6, 6.07) is 21.3. The van der Waals surface area contributed by atoms with Crippen LogP contribution in [0.4, 0.5) is 5.82 Å². The minimum Gasteiger partial charge on any atom is -0.462 e. The Hall–Kier alpha value is -3.14. The van der Waals surface area contributed by atoms with Gasteiger partial charge in [0.1, 0.15) is 11.4 Å². The number of nitrogens with two attached hydrogens (primary N) is 1. The van der Waals surface area contributed by atoms with Gasteiger partial charge in [-0.1, -0.05) is 60.7 Å². The molecule has 2 aromatic carbocycles. The number of anilines is 1. The van der Waals surface area contributed by atoms with Crippen LogP contribution in [-0.2, 0) is 4.74 Å². The summed E-state index contributed by atoms with van der Waals surface area (Å²) in [6.07, 6.45) is 0. The summed E-state index contributed by atoms with van der Waals surface area (Å²) in [5.41, 5.74) is 9.71. The largest absolute Gasteiger partial charge is 0.462 e. The molecule has 0 saturated carbocycles. The van der Waals surface area contributed by atoms with E-state index in [1.54, 1.807) is 6.92 Å². The molecule has 4 heteroatoms. The highest BCUT2D eigenvalue weighted by Crippen LogP contribution is 2.32. The molecule has 0 aliphatic rings. The molecule has 0 radical (unpaired) electrons. The van der Waals surface area contributed by atoms with E-state index in [4.69, 9.17) is 10.5 Å². The minimum atomic E-state index is -0.457. The van der Waals surface area contributed by atoms with Crippen LogP contribution in [0.5, 0.6) is 0 Å². The van der Waals surface area contributed by atoms with Crippen molar-refractivity contribution in [1.82, 2.24) is 4.98 Å². The third-order valence-electron chi connectivity index (χ3n) is 3.68. The Bertz CT molecular complexity index is 846. The lowest BCUT2D eigenvalue weighted by molar-refractivity contribution is 0.0528. The molecule has 0 atom stereocenters. The summed E-state index contributed by atoms with van der Waals surface area (Å²) in [4.78, 5) is 16.8. The molecule has 0 fully saturated rings. The average Bonchev–Trinajstić information content (AvgIpc) is 2.62. The van der Waals surface area contributed by atoms with Crippen LogP contribution in [0.2, 0.25) is 0 Å². The van der Waals surface area contributed by atoms with Crippen molar-refractivity contribution in [2.45, 2.75) is 6.92 Å². The van der Waals surface area contributed by atoms with Crippen molar-refractivity contribution in [2.75, 3.05) is 12.3 Å². The number of benzene rings is 2. The normalized spacial score (nSPS) is 10.4. The van der Waals surface area contributed by atoms with Gasteiger partial charge < -0.3 is 10.5 Å². The van der Waals surface area contributed by atoms with E-state index in [0.717, 1.165) is 22.4 Å². The van der Waals surface area contributed by atoms with Gasteiger partial charge in [0.15, 0.2) is 0 Å². The van der Waals surface area contributed by atoms with E-state index in [9.17, 15) is 4.79 Å². The third-order valence-corrected chi connectivity index (χ3v) is 3.68. The lowest BCUT2D eigenvalue weighted by atomic mass is 9.98. The molecule has 0 bridgehead atoms. The predicted octanol–water partition coefficient (Wildman–Crippen LogP) is 4.17. The average molecular weight is 318 g/mol. The van der Waals surface area contributed by atoms with Crippen LogP contribution in [0.3, 0.4) is 0 Å². The zero-order valence-electron chi connectivity index (χ0n) is 13.4. The smallest absolute Gasteiger partial charge is 0.342 e.